The minimum absolute atomic E-state index is 0.162. The van der Waals surface area contributed by atoms with Gasteiger partial charge >= 0.3 is 5.97 Å². The van der Waals surface area contributed by atoms with Crippen LogP contribution >= 0.6 is 0 Å². The molecule has 0 unspecified atom stereocenters. The zero-order valence-corrected chi connectivity index (χ0v) is 11.3. The average molecular weight is 284 g/mol. The van der Waals surface area contributed by atoms with E-state index in [4.69, 9.17) is 9.15 Å². The molecular weight excluding hydrogens is 272 g/mol. The highest BCUT2D eigenvalue weighted by molar-refractivity contribution is 5.93. The standard InChI is InChI=1S/C14H12N4O3/c1-20-14(19)12-13(10-4-6-15-7-5-10)18(17-16-12)9-11-3-2-8-21-11/h2-8H,9H2,1H3. The van der Waals surface area contributed by atoms with Gasteiger partial charge in [-0.05, 0) is 24.3 Å². The highest BCUT2D eigenvalue weighted by Crippen LogP contribution is 2.23. The monoisotopic (exact) mass is 284 g/mol. The van der Waals surface area contributed by atoms with E-state index < -0.39 is 5.97 Å². The molecule has 7 heteroatoms. The molecule has 0 bridgehead atoms. The molecule has 0 atom stereocenters. The third kappa shape index (κ3) is 2.53. The number of carbonyl (C=O) groups excluding carboxylic acids is 1. The zero-order chi connectivity index (χ0) is 14.7. The van der Waals surface area contributed by atoms with Crippen molar-refractivity contribution in [2.45, 2.75) is 6.54 Å². The number of aromatic nitrogens is 4. The number of carbonyl (C=O) groups is 1. The summed E-state index contributed by atoms with van der Waals surface area (Å²) in [4.78, 5) is 15.8. The molecule has 3 heterocycles. The van der Waals surface area contributed by atoms with Gasteiger partial charge in [-0.2, -0.15) is 0 Å². The van der Waals surface area contributed by atoms with Crippen LogP contribution in [0.3, 0.4) is 0 Å². The van der Waals surface area contributed by atoms with Gasteiger partial charge < -0.3 is 9.15 Å². The maximum absolute atomic E-state index is 11.8. The molecule has 7 nitrogen and oxygen atoms in total. The third-order valence-corrected chi connectivity index (χ3v) is 2.95. The molecule has 0 fully saturated rings. The van der Waals surface area contributed by atoms with Gasteiger partial charge in [0.1, 0.15) is 18.0 Å². The Morgan fingerprint density at radius 2 is 2.14 bits per heavy atom. The number of hydrogen-bond donors (Lipinski definition) is 0. The molecule has 0 saturated carbocycles. The van der Waals surface area contributed by atoms with Crippen LogP contribution in [0.1, 0.15) is 16.2 Å². The highest BCUT2D eigenvalue weighted by Gasteiger charge is 2.22. The molecule has 0 radical (unpaired) electrons. The first-order valence-electron chi connectivity index (χ1n) is 6.24. The molecule has 0 aliphatic carbocycles. The summed E-state index contributed by atoms with van der Waals surface area (Å²) in [6.07, 6.45) is 4.86. The lowest BCUT2D eigenvalue weighted by atomic mass is 10.1. The van der Waals surface area contributed by atoms with Crippen molar-refractivity contribution in [3.63, 3.8) is 0 Å². The topological polar surface area (TPSA) is 83.0 Å². The van der Waals surface area contributed by atoms with E-state index in [1.165, 1.54) is 7.11 Å². The Kier molecular flexibility index (Phi) is 3.46. The quantitative estimate of drug-likeness (QED) is 0.679. The summed E-state index contributed by atoms with van der Waals surface area (Å²) in [6, 6.07) is 7.18. The molecule has 0 amide bonds. The normalized spacial score (nSPS) is 10.5. The second kappa shape index (κ2) is 5.58. The van der Waals surface area contributed by atoms with Crippen LogP contribution in [0, 0.1) is 0 Å². The van der Waals surface area contributed by atoms with Gasteiger partial charge in [0.2, 0.25) is 0 Å². The molecular formula is C14H12N4O3. The van der Waals surface area contributed by atoms with Gasteiger partial charge in [-0.1, -0.05) is 5.21 Å². The maximum Gasteiger partial charge on any atom is 0.360 e. The summed E-state index contributed by atoms with van der Waals surface area (Å²) in [6.45, 7) is 0.370. The smallest absolute Gasteiger partial charge is 0.360 e. The summed E-state index contributed by atoms with van der Waals surface area (Å²) in [5.74, 6) is 0.180. The lowest BCUT2D eigenvalue weighted by Crippen LogP contribution is -2.07. The molecule has 3 rings (SSSR count). The average Bonchev–Trinajstić information content (AvgIpc) is 3.17. The van der Waals surface area contributed by atoms with Crippen molar-refractivity contribution in [1.29, 1.82) is 0 Å². The van der Waals surface area contributed by atoms with Crippen molar-refractivity contribution < 1.29 is 13.9 Å². The van der Waals surface area contributed by atoms with Gasteiger partial charge in [0.15, 0.2) is 5.69 Å². The number of hydrogen-bond acceptors (Lipinski definition) is 6. The molecule has 0 N–H and O–H groups in total. The van der Waals surface area contributed by atoms with Crippen LogP contribution in [0.25, 0.3) is 11.3 Å². The first-order chi connectivity index (χ1) is 10.3. The lowest BCUT2D eigenvalue weighted by molar-refractivity contribution is 0.0595. The van der Waals surface area contributed by atoms with Crippen molar-refractivity contribution in [1.82, 2.24) is 20.0 Å². The van der Waals surface area contributed by atoms with Crippen molar-refractivity contribution in [3.8, 4) is 11.3 Å². The fourth-order valence-corrected chi connectivity index (χ4v) is 2.00. The van der Waals surface area contributed by atoms with Gasteiger partial charge in [0.05, 0.1) is 13.4 Å². The van der Waals surface area contributed by atoms with Gasteiger partial charge in [-0.3, -0.25) is 4.98 Å². The Bertz CT molecular complexity index is 735. The SMILES string of the molecule is COC(=O)c1nnn(Cc2ccco2)c1-c1ccncc1. The lowest BCUT2D eigenvalue weighted by Gasteiger charge is -2.06. The Morgan fingerprint density at radius 3 is 2.81 bits per heavy atom. The summed E-state index contributed by atoms with van der Waals surface area (Å²) in [7, 11) is 1.31. The van der Waals surface area contributed by atoms with Crippen molar-refractivity contribution in [2.75, 3.05) is 7.11 Å². The summed E-state index contributed by atoms with van der Waals surface area (Å²) in [5, 5.41) is 7.94. The molecule has 3 aromatic rings. The van der Waals surface area contributed by atoms with E-state index in [9.17, 15) is 4.79 Å². The van der Waals surface area contributed by atoms with Crippen molar-refractivity contribution in [2.24, 2.45) is 0 Å². The van der Waals surface area contributed by atoms with E-state index in [0.717, 1.165) is 5.56 Å². The number of pyridine rings is 1. The Hall–Kier alpha value is -2.96. The number of ether oxygens (including phenoxy) is 1. The van der Waals surface area contributed by atoms with Crippen molar-refractivity contribution in [3.05, 3.63) is 54.4 Å². The van der Waals surface area contributed by atoms with Crippen LogP contribution < -0.4 is 0 Å². The predicted octanol–water partition coefficient (Wildman–Crippen LogP) is 1.77. The molecule has 0 aliphatic heterocycles. The number of methoxy groups -OCH3 is 1. The van der Waals surface area contributed by atoms with Gasteiger partial charge in [0, 0.05) is 18.0 Å². The minimum atomic E-state index is -0.535. The van der Waals surface area contributed by atoms with Crippen LogP contribution in [-0.2, 0) is 11.3 Å². The van der Waals surface area contributed by atoms with E-state index in [1.54, 1.807) is 41.5 Å². The highest BCUT2D eigenvalue weighted by atomic mass is 16.5. The second-order valence-corrected chi connectivity index (χ2v) is 4.25. The van der Waals surface area contributed by atoms with E-state index in [1.807, 2.05) is 6.07 Å². The maximum atomic E-state index is 11.8. The van der Waals surface area contributed by atoms with E-state index in [-0.39, 0.29) is 5.69 Å². The van der Waals surface area contributed by atoms with Gasteiger partial charge in [-0.15, -0.1) is 5.10 Å². The van der Waals surface area contributed by atoms with Crippen LogP contribution in [0.4, 0.5) is 0 Å². The Balaban J connectivity index is 2.08. The first-order valence-corrected chi connectivity index (χ1v) is 6.24. The molecule has 106 valence electrons. The number of furan rings is 1. The molecule has 3 aromatic heterocycles. The molecule has 0 aromatic carbocycles. The van der Waals surface area contributed by atoms with Crippen LogP contribution in [0.2, 0.25) is 0 Å². The van der Waals surface area contributed by atoms with Crippen LogP contribution in [-0.4, -0.2) is 33.1 Å². The summed E-state index contributed by atoms with van der Waals surface area (Å²) in [5.41, 5.74) is 1.51. The molecule has 0 aliphatic rings. The predicted molar refractivity (Wildman–Crippen MR) is 72.4 cm³/mol. The molecule has 21 heavy (non-hydrogen) atoms. The Morgan fingerprint density at radius 1 is 1.33 bits per heavy atom. The van der Waals surface area contributed by atoms with Gasteiger partial charge in [-0.25, -0.2) is 9.48 Å². The fraction of sp³-hybridized carbons (Fsp3) is 0.143. The zero-order valence-electron chi connectivity index (χ0n) is 11.3. The summed E-state index contributed by atoms with van der Waals surface area (Å²) < 4.78 is 11.7. The van der Waals surface area contributed by atoms with E-state index in [0.29, 0.717) is 18.0 Å². The summed E-state index contributed by atoms with van der Waals surface area (Å²) >= 11 is 0. The third-order valence-electron chi connectivity index (χ3n) is 2.95. The van der Waals surface area contributed by atoms with E-state index in [2.05, 4.69) is 15.3 Å². The van der Waals surface area contributed by atoms with E-state index >= 15 is 0 Å². The van der Waals surface area contributed by atoms with Crippen LogP contribution in [0.5, 0.6) is 0 Å². The fourth-order valence-electron chi connectivity index (χ4n) is 2.00. The number of rotatable bonds is 4. The number of nitrogens with zero attached hydrogens (tertiary/aromatic N) is 4. The van der Waals surface area contributed by atoms with Crippen molar-refractivity contribution >= 4 is 5.97 Å². The largest absolute Gasteiger partial charge is 0.467 e. The number of esters is 1. The first kappa shape index (κ1) is 13.0. The molecule has 0 saturated heterocycles. The molecule has 0 spiro atoms. The van der Waals surface area contributed by atoms with Crippen LogP contribution in [0.15, 0.2) is 47.3 Å². The van der Waals surface area contributed by atoms with Gasteiger partial charge in [0.25, 0.3) is 0 Å². The minimum Gasteiger partial charge on any atom is -0.467 e. The second-order valence-electron chi connectivity index (χ2n) is 4.25. The Labute approximate surface area is 120 Å².